The maximum atomic E-state index is 14.3. The van der Waals surface area contributed by atoms with E-state index in [9.17, 15) is 19.2 Å². The van der Waals surface area contributed by atoms with Gasteiger partial charge in [0.15, 0.2) is 0 Å². The van der Waals surface area contributed by atoms with Crippen molar-refractivity contribution >= 4 is 23.9 Å². The Labute approximate surface area is 269 Å². The van der Waals surface area contributed by atoms with E-state index >= 15 is 0 Å². The van der Waals surface area contributed by atoms with Crippen LogP contribution >= 0.6 is 0 Å². The molecule has 0 aliphatic carbocycles. The van der Waals surface area contributed by atoms with Crippen LogP contribution in [-0.4, -0.2) is 59.1 Å². The minimum absolute atomic E-state index is 0.216. The van der Waals surface area contributed by atoms with Gasteiger partial charge in [0.1, 0.15) is 29.8 Å². The first-order chi connectivity index (χ1) is 21.1. The number of rotatable bonds is 15. The molecule has 0 saturated carbocycles. The van der Waals surface area contributed by atoms with Crippen LogP contribution in [-0.2, 0) is 36.7 Å². The van der Waals surface area contributed by atoms with Crippen LogP contribution in [0.2, 0.25) is 0 Å². The van der Waals surface area contributed by atoms with E-state index < -0.39 is 47.2 Å². The fraction of sp³-hybridized carbons (Fsp3) is 0.556. The van der Waals surface area contributed by atoms with Gasteiger partial charge >= 0.3 is 12.1 Å². The van der Waals surface area contributed by atoms with E-state index in [0.29, 0.717) is 12.0 Å². The van der Waals surface area contributed by atoms with Crippen molar-refractivity contribution in [3.63, 3.8) is 0 Å². The summed E-state index contributed by atoms with van der Waals surface area (Å²) in [5.74, 6) is -1.51. The molecular formula is C36H53N3O6. The number of amides is 3. The Morgan fingerprint density at radius 3 is 1.96 bits per heavy atom. The van der Waals surface area contributed by atoms with Crippen LogP contribution in [0.15, 0.2) is 54.6 Å². The molecule has 2 rings (SSSR count). The smallest absolute Gasteiger partial charge is 0.408 e. The molecule has 2 N–H and O–H groups in total. The molecular weight excluding hydrogens is 570 g/mol. The third-order valence-electron chi connectivity index (χ3n) is 6.91. The summed E-state index contributed by atoms with van der Waals surface area (Å²) in [6.45, 7) is 14.6. The molecule has 0 saturated heterocycles. The van der Waals surface area contributed by atoms with Gasteiger partial charge < -0.3 is 25.0 Å². The van der Waals surface area contributed by atoms with Crippen molar-refractivity contribution in [2.45, 2.75) is 117 Å². The van der Waals surface area contributed by atoms with Crippen LogP contribution in [0.5, 0.6) is 0 Å². The van der Waals surface area contributed by atoms with Crippen molar-refractivity contribution in [3.8, 4) is 0 Å². The van der Waals surface area contributed by atoms with E-state index in [1.165, 1.54) is 4.90 Å². The second-order valence-corrected chi connectivity index (χ2v) is 13.3. The summed E-state index contributed by atoms with van der Waals surface area (Å²) in [5, 5.41) is 5.47. The second-order valence-electron chi connectivity index (χ2n) is 13.3. The highest BCUT2D eigenvalue weighted by Gasteiger charge is 2.35. The van der Waals surface area contributed by atoms with E-state index in [-0.39, 0.29) is 19.5 Å². The predicted molar refractivity (Wildman–Crippen MR) is 177 cm³/mol. The first kappa shape index (κ1) is 37.3. The molecule has 0 aromatic heterocycles. The second kappa shape index (κ2) is 17.6. The maximum Gasteiger partial charge on any atom is 0.408 e. The van der Waals surface area contributed by atoms with E-state index in [0.717, 1.165) is 36.8 Å². The summed E-state index contributed by atoms with van der Waals surface area (Å²) < 4.78 is 11.0. The van der Waals surface area contributed by atoms with E-state index in [4.69, 9.17) is 9.47 Å². The van der Waals surface area contributed by atoms with Crippen molar-refractivity contribution < 1.29 is 28.7 Å². The average Bonchev–Trinajstić information content (AvgIpc) is 2.96. The third kappa shape index (κ3) is 13.7. The molecule has 0 aliphatic rings. The van der Waals surface area contributed by atoms with Gasteiger partial charge in [0.25, 0.3) is 0 Å². The van der Waals surface area contributed by atoms with Crippen LogP contribution in [0.4, 0.5) is 4.79 Å². The topological polar surface area (TPSA) is 114 Å². The lowest BCUT2D eigenvalue weighted by Crippen LogP contribution is -2.52. The number of hydrogen-bond donors (Lipinski definition) is 2. The highest BCUT2D eigenvalue weighted by Crippen LogP contribution is 2.24. The number of alkyl carbamates (subject to hydrolysis) is 1. The number of esters is 1. The largest absolute Gasteiger partial charge is 0.458 e. The van der Waals surface area contributed by atoms with Crippen molar-refractivity contribution in [2.24, 2.45) is 0 Å². The molecule has 0 fully saturated rings. The monoisotopic (exact) mass is 623 g/mol. The number of nitrogens with zero attached hydrogens (tertiary/aromatic N) is 1. The Morgan fingerprint density at radius 1 is 0.778 bits per heavy atom. The number of benzene rings is 2. The molecule has 2 unspecified atom stereocenters. The molecule has 0 bridgehead atoms. The number of carbonyl (C=O) groups excluding carboxylic acids is 4. The first-order valence-corrected chi connectivity index (χ1v) is 16.1. The number of aryl methyl sites for hydroxylation is 1. The lowest BCUT2D eigenvalue weighted by Gasteiger charge is -2.33. The van der Waals surface area contributed by atoms with Crippen molar-refractivity contribution in [3.05, 3.63) is 71.3 Å². The van der Waals surface area contributed by atoms with Crippen molar-refractivity contribution in [2.75, 3.05) is 13.1 Å². The van der Waals surface area contributed by atoms with Gasteiger partial charge in [0.05, 0.1) is 0 Å². The number of ether oxygens (including phenoxy) is 2. The van der Waals surface area contributed by atoms with Gasteiger partial charge in [-0.15, -0.1) is 0 Å². The molecule has 248 valence electrons. The Balaban J connectivity index is 2.49. The van der Waals surface area contributed by atoms with Gasteiger partial charge in [-0.1, -0.05) is 87.7 Å². The summed E-state index contributed by atoms with van der Waals surface area (Å²) in [6.07, 6.45) is 3.84. The van der Waals surface area contributed by atoms with Crippen LogP contribution < -0.4 is 10.6 Å². The van der Waals surface area contributed by atoms with Gasteiger partial charge in [-0.25, -0.2) is 9.59 Å². The minimum Gasteiger partial charge on any atom is -0.458 e. The van der Waals surface area contributed by atoms with Gasteiger partial charge in [0.2, 0.25) is 11.8 Å². The fourth-order valence-electron chi connectivity index (χ4n) is 4.75. The molecule has 9 heteroatoms. The third-order valence-corrected chi connectivity index (χ3v) is 6.91. The zero-order chi connectivity index (χ0) is 33.6. The van der Waals surface area contributed by atoms with Crippen LogP contribution in [0.25, 0.3) is 0 Å². The Morgan fingerprint density at radius 2 is 1.40 bits per heavy atom. The van der Waals surface area contributed by atoms with Crippen LogP contribution in [0.1, 0.15) is 104 Å². The molecule has 45 heavy (non-hydrogen) atoms. The quantitative estimate of drug-likeness (QED) is 0.178. The zero-order valence-electron chi connectivity index (χ0n) is 28.4. The van der Waals surface area contributed by atoms with Gasteiger partial charge in [-0.2, -0.15) is 0 Å². The van der Waals surface area contributed by atoms with E-state index in [1.54, 1.807) is 41.5 Å². The summed E-state index contributed by atoms with van der Waals surface area (Å²) in [6, 6.07) is 14.9. The summed E-state index contributed by atoms with van der Waals surface area (Å²) >= 11 is 0. The summed E-state index contributed by atoms with van der Waals surface area (Å²) in [4.78, 5) is 55.4. The van der Waals surface area contributed by atoms with Crippen LogP contribution in [0.3, 0.4) is 0 Å². The highest BCUT2D eigenvalue weighted by atomic mass is 16.6. The zero-order valence-corrected chi connectivity index (χ0v) is 28.4. The number of nitrogens with one attached hydrogen (secondary N) is 2. The number of carbonyl (C=O) groups is 4. The normalized spacial score (nSPS) is 12.9. The Hall–Kier alpha value is -3.88. The first-order valence-electron chi connectivity index (χ1n) is 16.1. The molecule has 0 heterocycles. The minimum atomic E-state index is -1.05. The molecule has 0 radical (unpaired) electrons. The lowest BCUT2D eigenvalue weighted by atomic mass is 9.99. The van der Waals surface area contributed by atoms with E-state index in [1.807, 2.05) is 61.5 Å². The highest BCUT2D eigenvalue weighted by molar-refractivity contribution is 5.92. The molecule has 9 nitrogen and oxygen atoms in total. The van der Waals surface area contributed by atoms with Crippen molar-refractivity contribution in [1.82, 2.24) is 15.5 Å². The number of hydrogen-bond acceptors (Lipinski definition) is 6. The molecule has 2 atom stereocenters. The SMILES string of the molecule is CCCCCCN(C(=O)CNC(=O)OC(C)(C)C)C(C(=O)NC(Cc1ccccc1)C(=O)OC(C)(C)C)c1ccc(CC)cc1. The Kier molecular flexibility index (Phi) is 14.6. The van der Waals surface area contributed by atoms with Gasteiger partial charge in [0, 0.05) is 13.0 Å². The molecule has 0 aliphatic heterocycles. The van der Waals surface area contributed by atoms with E-state index in [2.05, 4.69) is 17.6 Å². The predicted octanol–water partition coefficient (Wildman–Crippen LogP) is 6.29. The summed E-state index contributed by atoms with van der Waals surface area (Å²) in [7, 11) is 0. The fourth-order valence-corrected chi connectivity index (χ4v) is 4.75. The molecule has 2 aromatic rings. The summed E-state index contributed by atoms with van der Waals surface area (Å²) in [5.41, 5.74) is 1.05. The number of unbranched alkanes of at least 4 members (excludes halogenated alkanes) is 3. The van der Waals surface area contributed by atoms with Gasteiger partial charge in [-0.05, 0) is 71.1 Å². The lowest BCUT2D eigenvalue weighted by molar-refractivity contribution is -0.159. The van der Waals surface area contributed by atoms with Crippen molar-refractivity contribution in [1.29, 1.82) is 0 Å². The molecule has 2 aromatic carbocycles. The standard InChI is InChI=1S/C36H53N3O6/c1-9-11-12-16-23-39(30(40)25-37-34(43)45-36(6,7)8)31(28-21-19-26(10-2)20-22-28)32(41)38-29(33(42)44-35(3,4)5)24-27-17-14-13-15-18-27/h13-15,17-22,29,31H,9-12,16,23-25H2,1-8H3,(H,37,43)(H,38,41). The van der Waals surface area contributed by atoms with Gasteiger partial charge in [-0.3, -0.25) is 9.59 Å². The molecule has 3 amide bonds. The Bertz CT molecular complexity index is 1230. The average molecular weight is 624 g/mol. The maximum absolute atomic E-state index is 14.3. The van der Waals surface area contributed by atoms with Crippen LogP contribution in [0, 0.1) is 0 Å². The molecule has 0 spiro atoms.